The van der Waals surface area contributed by atoms with E-state index in [0.29, 0.717) is 31.2 Å². The average molecular weight is 290 g/mol. The van der Waals surface area contributed by atoms with Crippen molar-refractivity contribution in [2.45, 2.75) is 45.1 Å². The first kappa shape index (κ1) is 15.5. The fourth-order valence-corrected chi connectivity index (χ4v) is 2.37. The standard InChI is InChI=1S/C16H22N2O3/c1-3-16(21,4-2)10-17-15(20)12-5-7-13-11(9-12)6-8-14(19)18-13/h5,7,9,21H,3-4,6,8,10H2,1-2H3,(H,17,20)(H,18,19). The van der Waals surface area contributed by atoms with E-state index in [2.05, 4.69) is 10.6 Å². The predicted octanol–water partition coefficient (Wildman–Crippen LogP) is 1.85. The van der Waals surface area contributed by atoms with Crippen LogP contribution in [0.15, 0.2) is 18.2 Å². The van der Waals surface area contributed by atoms with E-state index in [1.165, 1.54) is 0 Å². The third-order valence-corrected chi connectivity index (χ3v) is 4.16. The largest absolute Gasteiger partial charge is 0.388 e. The Morgan fingerprint density at radius 2 is 2.05 bits per heavy atom. The molecule has 1 aromatic rings. The molecule has 1 aliphatic heterocycles. The highest BCUT2D eigenvalue weighted by Crippen LogP contribution is 2.23. The topological polar surface area (TPSA) is 78.4 Å². The number of fused-ring (bicyclic) bond motifs is 1. The fraction of sp³-hybridized carbons (Fsp3) is 0.500. The van der Waals surface area contributed by atoms with Crippen molar-refractivity contribution < 1.29 is 14.7 Å². The Bertz CT molecular complexity index is 550. The van der Waals surface area contributed by atoms with Crippen LogP contribution >= 0.6 is 0 Å². The number of carbonyl (C=O) groups is 2. The third kappa shape index (κ3) is 3.61. The van der Waals surface area contributed by atoms with E-state index in [4.69, 9.17) is 0 Å². The first-order valence-corrected chi connectivity index (χ1v) is 7.41. The molecule has 0 radical (unpaired) electrons. The van der Waals surface area contributed by atoms with Gasteiger partial charge in [0.05, 0.1) is 5.60 Å². The van der Waals surface area contributed by atoms with Crippen LogP contribution in [0.25, 0.3) is 0 Å². The lowest BCUT2D eigenvalue weighted by molar-refractivity contribution is -0.116. The molecule has 0 unspecified atom stereocenters. The molecule has 114 valence electrons. The molecule has 0 bridgehead atoms. The number of benzene rings is 1. The molecular weight excluding hydrogens is 268 g/mol. The number of aryl methyl sites for hydroxylation is 1. The van der Waals surface area contributed by atoms with Crippen molar-refractivity contribution in [2.75, 3.05) is 11.9 Å². The van der Waals surface area contributed by atoms with Crippen molar-refractivity contribution in [3.8, 4) is 0 Å². The van der Waals surface area contributed by atoms with Gasteiger partial charge in [-0.3, -0.25) is 9.59 Å². The molecule has 5 nitrogen and oxygen atoms in total. The summed E-state index contributed by atoms with van der Waals surface area (Å²) in [7, 11) is 0. The van der Waals surface area contributed by atoms with E-state index in [-0.39, 0.29) is 18.4 Å². The Morgan fingerprint density at radius 1 is 1.33 bits per heavy atom. The molecule has 0 fully saturated rings. The van der Waals surface area contributed by atoms with E-state index in [0.717, 1.165) is 11.3 Å². The summed E-state index contributed by atoms with van der Waals surface area (Å²) in [5.41, 5.74) is 1.46. The van der Waals surface area contributed by atoms with E-state index in [9.17, 15) is 14.7 Å². The second-order valence-corrected chi connectivity index (χ2v) is 5.53. The minimum atomic E-state index is -0.849. The van der Waals surface area contributed by atoms with Crippen LogP contribution < -0.4 is 10.6 Å². The summed E-state index contributed by atoms with van der Waals surface area (Å²) < 4.78 is 0. The SMILES string of the molecule is CCC(O)(CC)CNC(=O)c1ccc2c(c1)CCC(=O)N2. The molecule has 0 aliphatic carbocycles. The number of hydrogen-bond donors (Lipinski definition) is 3. The van der Waals surface area contributed by atoms with Crippen molar-refractivity contribution in [3.05, 3.63) is 29.3 Å². The van der Waals surface area contributed by atoms with Gasteiger partial charge in [-0.2, -0.15) is 0 Å². The highest BCUT2D eigenvalue weighted by molar-refractivity contribution is 5.97. The van der Waals surface area contributed by atoms with Crippen molar-refractivity contribution >= 4 is 17.5 Å². The maximum absolute atomic E-state index is 12.2. The first-order valence-electron chi connectivity index (χ1n) is 7.41. The quantitative estimate of drug-likeness (QED) is 0.774. The van der Waals surface area contributed by atoms with E-state index in [1.807, 2.05) is 13.8 Å². The fourth-order valence-electron chi connectivity index (χ4n) is 2.37. The smallest absolute Gasteiger partial charge is 0.251 e. The molecule has 5 heteroatoms. The number of anilines is 1. The Hall–Kier alpha value is -1.88. The number of carbonyl (C=O) groups excluding carboxylic acids is 2. The molecular formula is C16H22N2O3. The minimum Gasteiger partial charge on any atom is -0.388 e. The van der Waals surface area contributed by atoms with Crippen LogP contribution in [-0.4, -0.2) is 29.1 Å². The van der Waals surface area contributed by atoms with Gasteiger partial charge < -0.3 is 15.7 Å². The Morgan fingerprint density at radius 3 is 2.71 bits per heavy atom. The number of rotatable bonds is 5. The number of amides is 2. The molecule has 1 aromatic carbocycles. The lowest BCUT2D eigenvalue weighted by atomic mass is 9.97. The van der Waals surface area contributed by atoms with Crippen molar-refractivity contribution in [2.24, 2.45) is 0 Å². The van der Waals surface area contributed by atoms with Gasteiger partial charge >= 0.3 is 0 Å². The van der Waals surface area contributed by atoms with Gasteiger partial charge in [0.25, 0.3) is 5.91 Å². The maximum atomic E-state index is 12.2. The highest BCUT2D eigenvalue weighted by atomic mass is 16.3. The van der Waals surface area contributed by atoms with Crippen LogP contribution in [0.2, 0.25) is 0 Å². The molecule has 0 saturated carbocycles. The van der Waals surface area contributed by atoms with Crippen LogP contribution in [0.5, 0.6) is 0 Å². The van der Waals surface area contributed by atoms with Crippen molar-refractivity contribution in [3.63, 3.8) is 0 Å². The summed E-state index contributed by atoms with van der Waals surface area (Å²) >= 11 is 0. The summed E-state index contributed by atoms with van der Waals surface area (Å²) in [5, 5.41) is 15.8. The van der Waals surface area contributed by atoms with Crippen LogP contribution in [0.3, 0.4) is 0 Å². The zero-order valence-electron chi connectivity index (χ0n) is 12.5. The average Bonchev–Trinajstić information content (AvgIpc) is 2.51. The lowest BCUT2D eigenvalue weighted by Gasteiger charge is -2.25. The number of hydrogen-bond acceptors (Lipinski definition) is 3. The van der Waals surface area contributed by atoms with E-state index >= 15 is 0 Å². The van der Waals surface area contributed by atoms with Crippen molar-refractivity contribution in [1.82, 2.24) is 5.32 Å². The summed E-state index contributed by atoms with van der Waals surface area (Å²) in [6, 6.07) is 5.25. The second-order valence-electron chi connectivity index (χ2n) is 5.53. The van der Waals surface area contributed by atoms with Crippen molar-refractivity contribution in [1.29, 1.82) is 0 Å². The van der Waals surface area contributed by atoms with Crippen LogP contribution in [-0.2, 0) is 11.2 Å². The van der Waals surface area contributed by atoms with Gasteiger partial charge in [0.2, 0.25) is 5.91 Å². The molecule has 3 N–H and O–H groups in total. The van der Waals surface area contributed by atoms with Crippen LogP contribution in [0.4, 0.5) is 5.69 Å². The molecule has 2 amide bonds. The Labute approximate surface area is 124 Å². The Balaban J connectivity index is 2.05. The summed E-state index contributed by atoms with van der Waals surface area (Å²) in [6.45, 7) is 4.04. The lowest BCUT2D eigenvalue weighted by Crippen LogP contribution is -2.42. The third-order valence-electron chi connectivity index (χ3n) is 4.16. The van der Waals surface area contributed by atoms with E-state index in [1.54, 1.807) is 18.2 Å². The van der Waals surface area contributed by atoms with Gasteiger partial charge in [0.1, 0.15) is 0 Å². The zero-order valence-corrected chi connectivity index (χ0v) is 12.5. The predicted molar refractivity (Wildman–Crippen MR) is 81.3 cm³/mol. The molecule has 21 heavy (non-hydrogen) atoms. The zero-order chi connectivity index (χ0) is 15.5. The molecule has 1 aliphatic rings. The highest BCUT2D eigenvalue weighted by Gasteiger charge is 2.23. The normalized spacial score (nSPS) is 14.3. The first-order chi connectivity index (χ1) is 9.97. The van der Waals surface area contributed by atoms with Crippen LogP contribution in [0, 0.1) is 0 Å². The summed E-state index contributed by atoms with van der Waals surface area (Å²) in [6.07, 6.45) is 2.29. The number of aliphatic hydroxyl groups is 1. The van der Waals surface area contributed by atoms with Gasteiger partial charge in [-0.05, 0) is 43.0 Å². The molecule has 2 rings (SSSR count). The van der Waals surface area contributed by atoms with Gasteiger partial charge in [-0.1, -0.05) is 13.8 Å². The second kappa shape index (κ2) is 6.26. The molecule has 1 heterocycles. The van der Waals surface area contributed by atoms with E-state index < -0.39 is 5.60 Å². The molecule has 0 aromatic heterocycles. The molecule has 0 spiro atoms. The minimum absolute atomic E-state index is 0.00987. The van der Waals surface area contributed by atoms with Crippen LogP contribution in [0.1, 0.15) is 49.0 Å². The Kier molecular flexibility index (Phi) is 4.63. The molecule has 0 saturated heterocycles. The molecule has 0 atom stereocenters. The van der Waals surface area contributed by atoms with Gasteiger partial charge in [-0.15, -0.1) is 0 Å². The van der Waals surface area contributed by atoms with Gasteiger partial charge in [0.15, 0.2) is 0 Å². The maximum Gasteiger partial charge on any atom is 0.251 e. The van der Waals surface area contributed by atoms with Gasteiger partial charge in [0, 0.05) is 24.2 Å². The number of nitrogens with one attached hydrogen (secondary N) is 2. The summed E-state index contributed by atoms with van der Waals surface area (Å²) in [4.78, 5) is 23.5. The monoisotopic (exact) mass is 290 g/mol. The summed E-state index contributed by atoms with van der Waals surface area (Å²) in [5.74, 6) is -0.189. The van der Waals surface area contributed by atoms with Gasteiger partial charge in [-0.25, -0.2) is 0 Å².